The van der Waals surface area contributed by atoms with E-state index in [1.54, 1.807) is 0 Å². The summed E-state index contributed by atoms with van der Waals surface area (Å²) in [6.45, 7) is 4.69. The molecule has 0 unspecified atom stereocenters. The lowest BCUT2D eigenvalue weighted by Gasteiger charge is -2.33. The second-order valence-corrected chi connectivity index (χ2v) is 8.49. The number of fused-ring (bicyclic) bond motifs is 1. The molecule has 0 spiro atoms. The van der Waals surface area contributed by atoms with Crippen LogP contribution in [0.15, 0.2) is 0 Å². The minimum Gasteiger partial charge on any atom is -0.450 e. The molecule has 1 aromatic rings. The fourth-order valence-corrected chi connectivity index (χ4v) is 3.95. The molecule has 0 radical (unpaired) electrons. The zero-order chi connectivity index (χ0) is 24.7. The van der Waals surface area contributed by atoms with Gasteiger partial charge in [-0.3, -0.25) is 4.79 Å². The van der Waals surface area contributed by atoms with Gasteiger partial charge in [0.25, 0.3) is 5.91 Å². The van der Waals surface area contributed by atoms with E-state index in [9.17, 15) is 14.4 Å². The number of carbonyl (C=O) groups excluding carboxylic acids is 3. The topological polar surface area (TPSA) is 119 Å². The van der Waals surface area contributed by atoms with E-state index >= 15 is 4.39 Å². The number of hydrogen-bond acceptors (Lipinski definition) is 8. The fourth-order valence-electron chi connectivity index (χ4n) is 3.67. The van der Waals surface area contributed by atoms with Crippen LogP contribution in [0.3, 0.4) is 0 Å². The molecule has 10 nitrogen and oxygen atoms in total. The standard InChI is InChI=1S/C22H30ClFN4O6/c1-3-5-8-33-21(30)26-15-12-32-10-7-14(15)25-19-17(24)13-11-28(22(31)34-9-6-4-2)20(29)16(13)18(23)27-19/h14-15H,3-12H2,1-2H3,(H,25,27)(H,26,30)/t14-,15+/m1/s1. The number of rotatable bonds is 9. The highest BCUT2D eigenvalue weighted by Crippen LogP contribution is 2.34. The summed E-state index contributed by atoms with van der Waals surface area (Å²) in [5.74, 6) is -1.71. The van der Waals surface area contributed by atoms with Gasteiger partial charge in [0.15, 0.2) is 11.6 Å². The molecule has 3 rings (SSSR count). The number of pyridine rings is 1. The lowest BCUT2D eigenvalue weighted by molar-refractivity contribution is 0.0583. The van der Waals surface area contributed by atoms with Gasteiger partial charge in [0.2, 0.25) is 0 Å². The van der Waals surface area contributed by atoms with Gasteiger partial charge in [-0.1, -0.05) is 38.3 Å². The van der Waals surface area contributed by atoms with Gasteiger partial charge in [-0.15, -0.1) is 0 Å². The SMILES string of the molecule is CCCCOC(=O)N[C@H]1COCC[C@H]1Nc1nc(Cl)c2c(c1F)CN(C(=O)OCCCC)C2=O. The molecule has 1 saturated heterocycles. The number of hydrogen-bond donors (Lipinski definition) is 2. The molecule has 3 heterocycles. The van der Waals surface area contributed by atoms with Crippen LogP contribution in [-0.4, -0.2) is 66.5 Å². The second-order valence-electron chi connectivity index (χ2n) is 8.13. The Bertz CT molecular complexity index is 918. The smallest absolute Gasteiger partial charge is 0.417 e. The van der Waals surface area contributed by atoms with Gasteiger partial charge in [0.1, 0.15) is 5.15 Å². The van der Waals surface area contributed by atoms with E-state index in [-0.39, 0.29) is 41.9 Å². The van der Waals surface area contributed by atoms with Crippen molar-refractivity contribution in [3.8, 4) is 0 Å². The van der Waals surface area contributed by atoms with Crippen molar-refractivity contribution in [1.82, 2.24) is 15.2 Å². The molecule has 2 N–H and O–H groups in total. The van der Waals surface area contributed by atoms with Crippen LogP contribution in [0.1, 0.15) is 61.9 Å². The monoisotopic (exact) mass is 500 g/mol. The first-order valence-electron chi connectivity index (χ1n) is 11.5. The summed E-state index contributed by atoms with van der Waals surface area (Å²) in [5, 5.41) is 5.49. The number of halogens is 2. The van der Waals surface area contributed by atoms with Crippen molar-refractivity contribution in [2.24, 2.45) is 0 Å². The van der Waals surface area contributed by atoms with Crippen LogP contribution in [0.4, 0.5) is 19.8 Å². The predicted molar refractivity (Wildman–Crippen MR) is 121 cm³/mol. The molecule has 1 aromatic heterocycles. The molecule has 0 bridgehead atoms. The van der Waals surface area contributed by atoms with Crippen molar-refractivity contribution in [3.63, 3.8) is 0 Å². The van der Waals surface area contributed by atoms with E-state index in [4.69, 9.17) is 25.8 Å². The van der Waals surface area contributed by atoms with E-state index in [2.05, 4.69) is 15.6 Å². The van der Waals surface area contributed by atoms with Crippen molar-refractivity contribution in [1.29, 1.82) is 0 Å². The Hall–Kier alpha value is -2.66. The van der Waals surface area contributed by atoms with Crippen LogP contribution in [0.5, 0.6) is 0 Å². The Balaban J connectivity index is 1.72. The number of nitrogens with zero attached hydrogens (tertiary/aromatic N) is 2. The zero-order valence-corrected chi connectivity index (χ0v) is 20.1. The number of anilines is 1. The van der Waals surface area contributed by atoms with Gasteiger partial charge < -0.3 is 24.8 Å². The molecule has 0 saturated carbocycles. The maximum absolute atomic E-state index is 15.4. The number of imide groups is 1. The highest BCUT2D eigenvalue weighted by atomic mass is 35.5. The number of unbranched alkanes of at least 4 members (excludes halogenated alkanes) is 2. The van der Waals surface area contributed by atoms with E-state index in [0.717, 1.165) is 24.2 Å². The molecule has 2 aliphatic heterocycles. The number of alkyl carbamates (subject to hydrolysis) is 1. The summed E-state index contributed by atoms with van der Waals surface area (Å²) in [5.41, 5.74) is -0.186. The van der Waals surface area contributed by atoms with Gasteiger partial charge in [0.05, 0.1) is 44.0 Å². The normalized spacial score (nSPS) is 19.5. The average Bonchev–Trinajstić information content (AvgIpc) is 3.17. The van der Waals surface area contributed by atoms with Gasteiger partial charge in [-0.2, -0.15) is 0 Å². The molecule has 2 atom stereocenters. The third-order valence-electron chi connectivity index (χ3n) is 5.62. The lowest BCUT2D eigenvalue weighted by atomic mass is 10.0. The Morgan fingerprint density at radius 2 is 1.91 bits per heavy atom. The van der Waals surface area contributed by atoms with Crippen molar-refractivity contribution in [2.45, 2.75) is 64.6 Å². The number of ether oxygens (including phenoxy) is 3. The molecule has 0 aliphatic carbocycles. The van der Waals surface area contributed by atoms with Crippen LogP contribution < -0.4 is 10.6 Å². The third-order valence-corrected chi connectivity index (χ3v) is 5.90. The quantitative estimate of drug-likeness (QED) is 0.387. The van der Waals surface area contributed by atoms with Crippen LogP contribution >= 0.6 is 11.6 Å². The fraction of sp³-hybridized carbons (Fsp3) is 0.636. The molecule has 12 heteroatoms. The summed E-state index contributed by atoms with van der Waals surface area (Å²) >= 11 is 6.22. The van der Waals surface area contributed by atoms with E-state index in [1.165, 1.54) is 0 Å². The first-order valence-corrected chi connectivity index (χ1v) is 11.9. The molecule has 1 fully saturated rings. The van der Waals surface area contributed by atoms with Crippen molar-refractivity contribution in [2.75, 3.05) is 31.7 Å². The highest BCUT2D eigenvalue weighted by molar-refractivity contribution is 6.33. The lowest BCUT2D eigenvalue weighted by Crippen LogP contribution is -2.53. The van der Waals surface area contributed by atoms with Crippen LogP contribution in [-0.2, 0) is 20.8 Å². The summed E-state index contributed by atoms with van der Waals surface area (Å²) in [7, 11) is 0. The van der Waals surface area contributed by atoms with Crippen molar-refractivity contribution in [3.05, 3.63) is 22.1 Å². The van der Waals surface area contributed by atoms with E-state index in [1.807, 2.05) is 13.8 Å². The first kappa shape index (κ1) is 26.0. The highest BCUT2D eigenvalue weighted by Gasteiger charge is 2.39. The Labute approximate surface area is 202 Å². The molecule has 3 amide bonds. The van der Waals surface area contributed by atoms with E-state index < -0.39 is 36.0 Å². The minimum absolute atomic E-state index is 0.0320. The molecular weight excluding hydrogens is 471 g/mol. The predicted octanol–water partition coefficient (Wildman–Crippen LogP) is 3.86. The number of nitrogens with one attached hydrogen (secondary N) is 2. The Morgan fingerprint density at radius 1 is 1.21 bits per heavy atom. The van der Waals surface area contributed by atoms with Crippen LogP contribution in [0.2, 0.25) is 5.15 Å². The van der Waals surface area contributed by atoms with Crippen LogP contribution in [0, 0.1) is 5.82 Å². The first-order chi connectivity index (χ1) is 16.4. The van der Waals surface area contributed by atoms with Crippen LogP contribution in [0.25, 0.3) is 0 Å². The maximum Gasteiger partial charge on any atom is 0.417 e. The second kappa shape index (κ2) is 12.2. The van der Waals surface area contributed by atoms with Crippen molar-refractivity contribution < 1.29 is 33.0 Å². The Morgan fingerprint density at radius 3 is 2.62 bits per heavy atom. The van der Waals surface area contributed by atoms with Gasteiger partial charge in [-0.05, 0) is 19.3 Å². The zero-order valence-electron chi connectivity index (χ0n) is 19.3. The van der Waals surface area contributed by atoms with Crippen molar-refractivity contribution >= 4 is 35.5 Å². The maximum atomic E-state index is 15.4. The van der Waals surface area contributed by atoms with E-state index in [0.29, 0.717) is 26.1 Å². The molecule has 34 heavy (non-hydrogen) atoms. The molecule has 2 aliphatic rings. The molecular formula is C22H30ClFN4O6. The summed E-state index contributed by atoms with van der Waals surface area (Å²) in [6, 6.07) is -0.918. The third kappa shape index (κ3) is 6.06. The summed E-state index contributed by atoms with van der Waals surface area (Å²) < 4.78 is 31.0. The van der Waals surface area contributed by atoms with Gasteiger partial charge >= 0.3 is 12.2 Å². The minimum atomic E-state index is -0.852. The largest absolute Gasteiger partial charge is 0.450 e. The summed E-state index contributed by atoms with van der Waals surface area (Å²) in [6.07, 6.45) is 2.14. The molecule has 188 valence electrons. The van der Waals surface area contributed by atoms with Gasteiger partial charge in [0, 0.05) is 12.2 Å². The number of aromatic nitrogens is 1. The number of carbonyl (C=O) groups is 3. The summed E-state index contributed by atoms with van der Waals surface area (Å²) in [4.78, 5) is 41.9. The molecule has 0 aromatic carbocycles. The number of amides is 3. The average molecular weight is 501 g/mol. The van der Waals surface area contributed by atoms with Gasteiger partial charge in [-0.25, -0.2) is 23.9 Å². The Kier molecular flexibility index (Phi) is 9.28.